The largest absolute Gasteiger partial charge is 0.494 e. The zero-order valence-corrected chi connectivity index (χ0v) is 11.6. The zero-order chi connectivity index (χ0) is 14.5. The number of hydrogen-bond acceptors (Lipinski definition) is 3. The second-order valence-electron chi connectivity index (χ2n) is 4.06. The molecule has 0 spiro atoms. The summed E-state index contributed by atoms with van der Waals surface area (Å²) < 4.78 is 18.4. The van der Waals surface area contributed by atoms with Crippen LogP contribution in [0.15, 0.2) is 47.4 Å². The molecule has 0 amide bonds. The lowest BCUT2D eigenvalue weighted by Crippen LogP contribution is -1.98. The summed E-state index contributed by atoms with van der Waals surface area (Å²) in [5.41, 5.74) is 1.03. The van der Waals surface area contributed by atoms with Crippen molar-refractivity contribution in [2.24, 2.45) is 0 Å². The van der Waals surface area contributed by atoms with Crippen LogP contribution in [0.5, 0.6) is 5.75 Å². The lowest BCUT2D eigenvalue weighted by molar-refractivity contribution is 0.0693. The van der Waals surface area contributed by atoms with Crippen LogP contribution in [0.3, 0.4) is 0 Å². The minimum atomic E-state index is -0.964. The third kappa shape index (κ3) is 3.30. The highest BCUT2D eigenvalue weighted by molar-refractivity contribution is 7.98. The average Bonchev–Trinajstić information content (AvgIpc) is 2.45. The first-order chi connectivity index (χ1) is 9.61. The van der Waals surface area contributed by atoms with Crippen molar-refractivity contribution < 1.29 is 19.0 Å². The maximum Gasteiger partial charge on any atom is 0.336 e. The summed E-state index contributed by atoms with van der Waals surface area (Å²) in [5.74, 6) is -0.693. The molecule has 0 aliphatic heterocycles. The number of benzene rings is 2. The maximum absolute atomic E-state index is 13.6. The van der Waals surface area contributed by atoms with Crippen LogP contribution in [0.25, 0.3) is 0 Å². The van der Waals surface area contributed by atoms with Gasteiger partial charge in [0, 0.05) is 10.6 Å². The molecule has 2 aromatic rings. The smallest absolute Gasteiger partial charge is 0.336 e. The normalized spacial score (nSPS) is 10.3. The molecule has 0 radical (unpaired) electrons. The highest BCUT2D eigenvalue weighted by Crippen LogP contribution is 2.28. The molecule has 0 heterocycles. The summed E-state index contributed by atoms with van der Waals surface area (Å²) in [7, 11) is 1.41. The third-order valence-corrected chi connectivity index (χ3v) is 3.87. The van der Waals surface area contributed by atoms with Gasteiger partial charge in [-0.3, -0.25) is 0 Å². The summed E-state index contributed by atoms with van der Waals surface area (Å²) in [6.07, 6.45) is 0. The van der Waals surface area contributed by atoms with Gasteiger partial charge in [-0.15, -0.1) is 11.8 Å². The number of carbonyl (C=O) groups is 1. The molecule has 0 saturated carbocycles. The van der Waals surface area contributed by atoms with E-state index in [4.69, 9.17) is 9.84 Å². The number of carboxylic acids is 1. The van der Waals surface area contributed by atoms with Crippen LogP contribution in [0.1, 0.15) is 15.9 Å². The molecule has 0 bridgehead atoms. The molecule has 5 heteroatoms. The second-order valence-corrected chi connectivity index (χ2v) is 5.08. The standard InChI is InChI=1S/C15H13FO3S/c1-19-13-7-6-10(8-12(13)16)9-20-14-5-3-2-4-11(14)15(17)18/h2-8H,9H2,1H3,(H,17,18). The molecule has 104 valence electrons. The van der Waals surface area contributed by atoms with E-state index >= 15 is 0 Å². The highest BCUT2D eigenvalue weighted by atomic mass is 32.2. The Labute approximate surface area is 120 Å². The van der Waals surface area contributed by atoms with Crippen molar-refractivity contribution in [2.75, 3.05) is 7.11 Å². The number of halogens is 1. The van der Waals surface area contributed by atoms with Crippen molar-refractivity contribution in [2.45, 2.75) is 10.6 Å². The van der Waals surface area contributed by atoms with Gasteiger partial charge < -0.3 is 9.84 Å². The number of carboxylic acid groups (broad SMARTS) is 1. The molecule has 2 aromatic carbocycles. The molecular formula is C15H13FO3S. The molecule has 20 heavy (non-hydrogen) atoms. The van der Waals surface area contributed by atoms with Gasteiger partial charge in [0.2, 0.25) is 0 Å². The zero-order valence-electron chi connectivity index (χ0n) is 10.8. The Hall–Kier alpha value is -2.01. The Morgan fingerprint density at radius 1 is 1.30 bits per heavy atom. The summed E-state index contributed by atoms with van der Waals surface area (Å²) >= 11 is 1.36. The number of aromatic carboxylic acids is 1. The van der Waals surface area contributed by atoms with Gasteiger partial charge >= 0.3 is 5.97 Å². The van der Waals surface area contributed by atoms with Crippen LogP contribution < -0.4 is 4.74 Å². The van der Waals surface area contributed by atoms with Crippen LogP contribution in [0.4, 0.5) is 4.39 Å². The van der Waals surface area contributed by atoms with Crippen LogP contribution in [0.2, 0.25) is 0 Å². The molecule has 0 aliphatic carbocycles. The van der Waals surface area contributed by atoms with Crippen molar-refractivity contribution in [1.82, 2.24) is 0 Å². The van der Waals surface area contributed by atoms with Crippen molar-refractivity contribution >= 4 is 17.7 Å². The van der Waals surface area contributed by atoms with E-state index in [9.17, 15) is 9.18 Å². The highest BCUT2D eigenvalue weighted by Gasteiger charge is 2.10. The maximum atomic E-state index is 13.6. The van der Waals surface area contributed by atoms with Gasteiger partial charge in [0.1, 0.15) is 0 Å². The Morgan fingerprint density at radius 3 is 2.70 bits per heavy atom. The summed E-state index contributed by atoms with van der Waals surface area (Å²) in [4.78, 5) is 11.7. The Morgan fingerprint density at radius 2 is 2.05 bits per heavy atom. The number of methoxy groups -OCH3 is 1. The molecule has 0 unspecified atom stereocenters. The van der Waals surface area contributed by atoms with Crippen LogP contribution in [-0.4, -0.2) is 18.2 Å². The first-order valence-corrected chi connectivity index (χ1v) is 6.88. The molecule has 0 aliphatic rings. The third-order valence-electron chi connectivity index (χ3n) is 2.73. The van der Waals surface area contributed by atoms with Crippen LogP contribution >= 0.6 is 11.8 Å². The Kier molecular flexibility index (Phi) is 4.63. The van der Waals surface area contributed by atoms with Gasteiger partial charge in [-0.25, -0.2) is 9.18 Å². The van der Waals surface area contributed by atoms with E-state index in [0.717, 1.165) is 5.56 Å². The van der Waals surface area contributed by atoms with E-state index in [1.165, 1.54) is 24.9 Å². The number of hydrogen-bond donors (Lipinski definition) is 1. The van der Waals surface area contributed by atoms with Crippen molar-refractivity contribution in [1.29, 1.82) is 0 Å². The molecule has 1 N–H and O–H groups in total. The molecular weight excluding hydrogens is 279 g/mol. The minimum Gasteiger partial charge on any atom is -0.494 e. The quantitative estimate of drug-likeness (QED) is 0.851. The molecule has 0 aromatic heterocycles. The second kappa shape index (κ2) is 6.43. The first kappa shape index (κ1) is 14.4. The lowest BCUT2D eigenvalue weighted by atomic mass is 10.2. The number of rotatable bonds is 5. The summed E-state index contributed by atoms with van der Waals surface area (Å²) in [5, 5.41) is 9.09. The van der Waals surface area contributed by atoms with E-state index in [2.05, 4.69) is 0 Å². The predicted octanol–water partition coefficient (Wildman–Crippen LogP) is 3.82. The van der Waals surface area contributed by atoms with E-state index in [-0.39, 0.29) is 11.3 Å². The van der Waals surface area contributed by atoms with Crippen molar-refractivity contribution in [3.05, 3.63) is 59.4 Å². The van der Waals surface area contributed by atoms with Gasteiger partial charge in [-0.05, 0) is 29.8 Å². The van der Waals surface area contributed by atoms with Gasteiger partial charge in [0.15, 0.2) is 11.6 Å². The van der Waals surface area contributed by atoms with E-state index < -0.39 is 11.8 Å². The Balaban J connectivity index is 2.13. The van der Waals surface area contributed by atoms with E-state index in [1.807, 2.05) is 0 Å². The van der Waals surface area contributed by atoms with Gasteiger partial charge in [0.05, 0.1) is 12.7 Å². The number of ether oxygens (including phenoxy) is 1. The van der Waals surface area contributed by atoms with Gasteiger partial charge in [-0.2, -0.15) is 0 Å². The number of thioether (sulfide) groups is 1. The molecule has 0 fully saturated rings. The van der Waals surface area contributed by atoms with Crippen LogP contribution in [-0.2, 0) is 5.75 Å². The Bertz CT molecular complexity index is 628. The molecule has 3 nitrogen and oxygen atoms in total. The van der Waals surface area contributed by atoms with E-state index in [1.54, 1.807) is 36.4 Å². The fraction of sp³-hybridized carbons (Fsp3) is 0.133. The first-order valence-electron chi connectivity index (χ1n) is 5.89. The van der Waals surface area contributed by atoms with Gasteiger partial charge in [0.25, 0.3) is 0 Å². The fourth-order valence-electron chi connectivity index (χ4n) is 1.73. The monoisotopic (exact) mass is 292 g/mol. The summed E-state index contributed by atoms with van der Waals surface area (Å²) in [6.45, 7) is 0. The predicted molar refractivity (Wildman–Crippen MR) is 75.9 cm³/mol. The topological polar surface area (TPSA) is 46.5 Å². The SMILES string of the molecule is COc1ccc(CSc2ccccc2C(=O)O)cc1F. The molecule has 2 rings (SSSR count). The van der Waals surface area contributed by atoms with Gasteiger partial charge in [-0.1, -0.05) is 18.2 Å². The molecule has 0 atom stereocenters. The van der Waals surface area contributed by atoms with E-state index in [0.29, 0.717) is 10.6 Å². The van der Waals surface area contributed by atoms with Crippen LogP contribution in [0, 0.1) is 5.82 Å². The van der Waals surface area contributed by atoms with Crippen molar-refractivity contribution in [3.63, 3.8) is 0 Å². The minimum absolute atomic E-state index is 0.199. The van der Waals surface area contributed by atoms with Crippen molar-refractivity contribution in [3.8, 4) is 5.75 Å². The summed E-state index contributed by atoms with van der Waals surface area (Å²) in [6, 6.07) is 11.5. The lowest BCUT2D eigenvalue weighted by Gasteiger charge is -2.07. The average molecular weight is 292 g/mol. The fourth-order valence-corrected chi connectivity index (χ4v) is 2.72. The molecule has 0 saturated heterocycles.